The monoisotopic (exact) mass is 349 g/mol. The van der Waals surface area contributed by atoms with E-state index in [1.807, 2.05) is 4.90 Å². The lowest BCUT2D eigenvalue weighted by Gasteiger charge is -2.56. The molecule has 1 amide bonds. The lowest BCUT2D eigenvalue weighted by molar-refractivity contribution is -0.158. The molecule has 4 saturated carbocycles. The van der Waals surface area contributed by atoms with Gasteiger partial charge in [0.1, 0.15) is 0 Å². The number of unbranched alkanes of at least 4 members (excludes halogenated alkanes) is 3. The molecule has 0 aromatic rings. The lowest BCUT2D eigenvalue weighted by Crippen LogP contribution is -2.55. The predicted octanol–water partition coefficient (Wildman–Crippen LogP) is 4.17. The number of hydrogen-bond donors (Lipinski definition) is 0. The first-order chi connectivity index (χ1) is 12.1. The Morgan fingerprint density at radius 1 is 0.960 bits per heavy atom. The first-order valence-corrected chi connectivity index (χ1v) is 10.4. The lowest BCUT2D eigenvalue weighted by atomic mass is 9.49. The van der Waals surface area contributed by atoms with Gasteiger partial charge in [-0.1, -0.05) is 26.2 Å². The summed E-state index contributed by atoms with van der Waals surface area (Å²) in [5.74, 6) is 2.47. The van der Waals surface area contributed by atoms with Crippen LogP contribution in [-0.4, -0.2) is 37.0 Å². The number of nitrogens with zero attached hydrogens (tertiary/aromatic N) is 1. The number of ether oxygens (including phenoxy) is 1. The van der Waals surface area contributed by atoms with E-state index in [1.54, 1.807) is 0 Å². The van der Waals surface area contributed by atoms with Crippen LogP contribution in [0.1, 0.15) is 77.6 Å². The van der Waals surface area contributed by atoms with Crippen LogP contribution in [0.2, 0.25) is 0 Å². The number of rotatable bonds is 9. The maximum atomic E-state index is 13.5. The van der Waals surface area contributed by atoms with Gasteiger partial charge in [-0.05, 0) is 62.7 Å². The van der Waals surface area contributed by atoms with Crippen molar-refractivity contribution in [1.82, 2.24) is 4.90 Å². The Morgan fingerprint density at radius 3 is 2.08 bits per heavy atom. The van der Waals surface area contributed by atoms with Crippen LogP contribution in [0.5, 0.6) is 0 Å². The zero-order valence-electron chi connectivity index (χ0n) is 16.1. The first kappa shape index (κ1) is 18.7. The van der Waals surface area contributed by atoms with Crippen molar-refractivity contribution in [2.75, 3.05) is 20.2 Å². The van der Waals surface area contributed by atoms with Gasteiger partial charge >= 0.3 is 5.97 Å². The molecule has 0 atom stereocenters. The van der Waals surface area contributed by atoms with Crippen LogP contribution in [0.4, 0.5) is 0 Å². The molecule has 4 aliphatic carbocycles. The smallest absolute Gasteiger partial charge is 0.307 e. The van der Waals surface area contributed by atoms with Crippen molar-refractivity contribution in [2.24, 2.45) is 23.2 Å². The van der Waals surface area contributed by atoms with Crippen LogP contribution < -0.4 is 0 Å². The average Bonchev–Trinajstić information content (AvgIpc) is 2.59. The molecule has 0 unspecified atom stereocenters. The minimum atomic E-state index is -0.211. The maximum Gasteiger partial charge on any atom is 0.307 e. The number of hydrogen-bond acceptors (Lipinski definition) is 3. The van der Waals surface area contributed by atoms with E-state index in [2.05, 4.69) is 6.92 Å². The Kier molecular flexibility index (Phi) is 6.06. The van der Waals surface area contributed by atoms with E-state index in [4.69, 9.17) is 4.74 Å². The molecule has 4 bridgehead atoms. The van der Waals surface area contributed by atoms with E-state index in [9.17, 15) is 9.59 Å². The van der Waals surface area contributed by atoms with Gasteiger partial charge in [-0.2, -0.15) is 0 Å². The molecule has 142 valence electrons. The Bertz CT molecular complexity index is 452. The highest BCUT2D eigenvalue weighted by molar-refractivity contribution is 5.84. The van der Waals surface area contributed by atoms with Crippen LogP contribution >= 0.6 is 0 Å². The van der Waals surface area contributed by atoms with Gasteiger partial charge in [0, 0.05) is 13.1 Å². The quantitative estimate of drug-likeness (QED) is 0.463. The molecule has 0 aromatic heterocycles. The van der Waals surface area contributed by atoms with E-state index >= 15 is 0 Å². The molecule has 4 rings (SSSR count). The second-order valence-electron chi connectivity index (χ2n) is 8.88. The third-order valence-electron chi connectivity index (χ3n) is 6.87. The van der Waals surface area contributed by atoms with Gasteiger partial charge in [-0.3, -0.25) is 9.59 Å². The molecular formula is C21H35NO3. The summed E-state index contributed by atoms with van der Waals surface area (Å²) in [5.41, 5.74) is -0.102. The molecule has 4 nitrogen and oxygen atoms in total. The summed E-state index contributed by atoms with van der Waals surface area (Å²) in [6.45, 7) is 3.53. The molecule has 0 aromatic carbocycles. The molecular weight excluding hydrogens is 314 g/mol. The number of amides is 1. The first-order valence-electron chi connectivity index (χ1n) is 10.4. The van der Waals surface area contributed by atoms with E-state index in [0.717, 1.165) is 50.0 Å². The van der Waals surface area contributed by atoms with Crippen molar-refractivity contribution in [3.05, 3.63) is 0 Å². The second kappa shape index (κ2) is 8.09. The SMILES string of the molecule is CCCCCCN(CCC(=O)OC)C(=O)C12CC3CC(CC(C3)C1)C2. The standard InChI is InChI=1S/C21H35NO3/c1-3-4-5-6-8-22(9-7-19(23)25-2)20(24)21-13-16-10-17(14-21)12-18(11-16)15-21/h16-18H,3-15H2,1-2H3. The summed E-state index contributed by atoms with van der Waals surface area (Å²) in [6, 6.07) is 0. The summed E-state index contributed by atoms with van der Waals surface area (Å²) in [6.07, 6.45) is 12.3. The number of carbonyl (C=O) groups excluding carboxylic acids is 2. The largest absolute Gasteiger partial charge is 0.469 e. The Hall–Kier alpha value is -1.06. The van der Waals surface area contributed by atoms with Crippen molar-refractivity contribution in [2.45, 2.75) is 77.6 Å². The minimum absolute atomic E-state index is 0.102. The zero-order valence-corrected chi connectivity index (χ0v) is 16.1. The van der Waals surface area contributed by atoms with Gasteiger partial charge in [0.15, 0.2) is 0 Å². The van der Waals surface area contributed by atoms with Gasteiger partial charge in [-0.15, -0.1) is 0 Å². The molecule has 0 saturated heterocycles. The highest BCUT2D eigenvalue weighted by Crippen LogP contribution is 2.60. The minimum Gasteiger partial charge on any atom is -0.469 e. The summed E-state index contributed by atoms with van der Waals surface area (Å²) < 4.78 is 4.80. The van der Waals surface area contributed by atoms with Crippen molar-refractivity contribution < 1.29 is 14.3 Å². The van der Waals surface area contributed by atoms with Gasteiger partial charge in [-0.25, -0.2) is 0 Å². The van der Waals surface area contributed by atoms with Crippen LogP contribution in [0.25, 0.3) is 0 Å². The van der Waals surface area contributed by atoms with E-state index < -0.39 is 0 Å². The van der Waals surface area contributed by atoms with Crippen LogP contribution in [0.15, 0.2) is 0 Å². The predicted molar refractivity (Wildman–Crippen MR) is 98.0 cm³/mol. The van der Waals surface area contributed by atoms with Crippen molar-refractivity contribution in [3.8, 4) is 0 Å². The Morgan fingerprint density at radius 2 is 1.56 bits per heavy atom. The fourth-order valence-corrected chi connectivity index (χ4v) is 6.08. The van der Waals surface area contributed by atoms with Gasteiger partial charge < -0.3 is 9.64 Å². The average molecular weight is 350 g/mol. The number of esters is 1. The fourth-order valence-electron chi connectivity index (χ4n) is 6.08. The second-order valence-corrected chi connectivity index (χ2v) is 8.88. The van der Waals surface area contributed by atoms with Crippen LogP contribution in [-0.2, 0) is 14.3 Å². The van der Waals surface area contributed by atoms with Crippen LogP contribution in [0, 0.1) is 23.2 Å². The summed E-state index contributed by atoms with van der Waals surface area (Å²) in [4.78, 5) is 27.2. The highest BCUT2D eigenvalue weighted by atomic mass is 16.5. The Balaban J connectivity index is 1.65. The molecule has 4 aliphatic rings. The number of methoxy groups -OCH3 is 1. The zero-order chi connectivity index (χ0) is 17.9. The van der Waals surface area contributed by atoms with Crippen molar-refractivity contribution >= 4 is 11.9 Å². The van der Waals surface area contributed by atoms with Gasteiger partial charge in [0.05, 0.1) is 18.9 Å². The normalized spacial score (nSPS) is 32.6. The van der Waals surface area contributed by atoms with Gasteiger partial charge in [0.2, 0.25) is 5.91 Å². The molecule has 0 heterocycles. The third-order valence-corrected chi connectivity index (χ3v) is 6.87. The molecule has 0 N–H and O–H groups in total. The van der Waals surface area contributed by atoms with E-state index in [0.29, 0.717) is 18.9 Å². The molecule has 25 heavy (non-hydrogen) atoms. The highest BCUT2D eigenvalue weighted by Gasteiger charge is 2.55. The van der Waals surface area contributed by atoms with Crippen molar-refractivity contribution in [1.29, 1.82) is 0 Å². The maximum absolute atomic E-state index is 13.5. The molecule has 4 fully saturated rings. The van der Waals surface area contributed by atoms with Gasteiger partial charge in [0.25, 0.3) is 0 Å². The van der Waals surface area contributed by atoms with E-state index in [-0.39, 0.29) is 11.4 Å². The molecule has 0 radical (unpaired) electrons. The summed E-state index contributed by atoms with van der Waals surface area (Å²) >= 11 is 0. The third kappa shape index (κ3) is 4.20. The summed E-state index contributed by atoms with van der Waals surface area (Å²) in [7, 11) is 1.43. The molecule has 4 heteroatoms. The topological polar surface area (TPSA) is 46.6 Å². The molecule has 0 aliphatic heterocycles. The van der Waals surface area contributed by atoms with Crippen LogP contribution in [0.3, 0.4) is 0 Å². The molecule has 0 spiro atoms. The van der Waals surface area contributed by atoms with E-state index in [1.165, 1.54) is 45.6 Å². The summed E-state index contributed by atoms with van der Waals surface area (Å²) in [5, 5.41) is 0. The number of carbonyl (C=O) groups is 2. The fraction of sp³-hybridized carbons (Fsp3) is 0.905. The Labute approximate surface area is 152 Å². The van der Waals surface area contributed by atoms with Crippen molar-refractivity contribution in [3.63, 3.8) is 0 Å².